The number of allylic oxidation sites excluding steroid dienone is 3. The van der Waals surface area contributed by atoms with Crippen molar-refractivity contribution in [3.8, 4) is 17.4 Å². The van der Waals surface area contributed by atoms with Crippen LogP contribution in [0.4, 0.5) is 0 Å². The number of nitrogens with two attached hydrogens (primary N) is 1. The lowest BCUT2D eigenvalue weighted by molar-refractivity contribution is 0.268. The maximum absolute atomic E-state index is 9.12. The molecule has 0 saturated heterocycles. The molecule has 5 nitrogen and oxygen atoms in total. The summed E-state index contributed by atoms with van der Waals surface area (Å²) in [4.78, 5) is 2.64. The van der Waals surface area contributed by atoms with Crippen LogP contribution in [-0.2, 0) is 0 Å². The number of aliphatic hydroxyl groups excluding tert-OH is 1. The van der Waals surface area contributed by atoms with Crippen LogP contribution in [0.3, 0.4) is 0 Å². The highest BCUT2D eigenvalue weighted by Gasteiger charge is 2.10. The monoisotopic (exact) mass is 467 g/mol. The third-order valence-corrected chi connectivity index (χ3v) is 5.79. The molecule has 0 bridgehead atoms. The number of rotatable bonds is 9. The summed E-state index contributed by atoms with van der Waals surface area (Å²) < 4.78 is 5.92. The zero-order chi connectivity index (χ0) is 25.0. The zero-order valence-electron chi connectivity index (χ0n) is 20.5. The van der Waals surface area contributed by atoms with Crippen molar-refractivity contribution in [2.75, 3.05) is 19.7 Å². The van der Waals surface area contributed by atoms with Crippen LogP contribution in [0.5, 0.6) is 0 Å². The Morgan fingerprint density at radius 2 is 1.94 bits per heavy atom. The van der Waals surface area contributed by atoms with Crippen molar-refractivity contribution in [1.82, 2.24) is 4.90 Å². The molecule has 0 saturated carbocycles. The molecule has 178 valence electrons. The van der Waals surface area contributed by atoms with Gasteiger partial charge >= 0.3 is 0 Å². The Morgan fingerprint density at radius 1 is 1.27 bits per heavy atom. The predicted octanol–water partition coefficient (Wildman–Crippen LogP) is 4.88. The van der Waals surface area contributed by atoms with Gasteiger partial charge in [0.25, 0.3) is 0 Å². The van der Waals surface area contributed by atoms with Crippen molar-refractivity contribution in [3.05, 3.63) is 63.7 Å². The molecule has 1 aromatic heterocycles. The van der Waals surface area contributed by atoms with E-state index in [1.54, 1.807) is 0 Å². The maximum atomic E-state index is 9.12. The number of aliphatic hydroxyl groups is 1. The Morgan fingerprint density at radius 3 is 2.39 bits per heavy atom. The van der Waals surface area contributed by atoms with Gasteiger partial charge in [0.15, 0.2) is 0 Å². The highest BCUT2D eigenvalue weighted by molar-refractivity contribution is 8.01. The largest absolute Gasteiger partial charge is 0.456 e. The van der Waals surface area contributed by atoms with Crippen LogP contribution < -0.4 is 15.6 Å². The van der Waals surface area contributed by atoms with E-state index in [2.05, 4.69) is 57.9 Å². The highest BCUT2D eigenvalue weighted by Crippen LogP contribution is 2.28. The normalized spacial score (nSPS) is 12.0. The second-order valence-corrected chi connectivity index (χ2v) is 8.62. The Kier molecular flexibility index (Phi) is 12.4. The Bertz CT molecular complexity index is 1090. The molecule has 0 aliphatic rings. The van der Waals surface area contributed by atoms with Gasteiger partial charge in [-0.3, -0.25) is 5.14 Å². The molecule has 6 heteroatoms. The summed E-state index contributed by atoms with van der Waals surface area (Å²) in [6.07, 6.45) is 2.98. The summed E-state index contributed by atoms with van der Waals surface area (Å²) in [6, 6.07) is 11.8. The van der Waals surface area contributed by atoms with E-state index in [0.29, 0.717) is 23.2 Å². The molecule has 0 spiro atoms. The van der Waals surface area contributed by atoms with Crippen molar-refractivity contribution in [1.29, 1.82) is 5.26 Å². The molecule has 0 aliphatic carbocycles. The van der Waals surface area contributed by atoms with Gasteiger partial charge in [-0.1, -0.05) is 39.1 Å². The van der Waals surface area contributed by atoms with Crippen LogP contribution >= 0.6 is 11.9 Å². The summed E-state index contributed by atoms with van der Waals surface area (Å²) in [5.74, 6) is 2.01. The topological polar surface area (TPSA) is 86.4 Å². The predicted molar refractivity (Wildman–Crippen MR) is 142 cm³/mol. The molecule has 3 N–H and O–H groups in total. The van der Waals surface area contributed by atoms with Crippen molar-refractivity contribution >= 4 is 30.2 Å². The van der Waals surface area contributed by atoms with Crippen LogP contribution in [-0.4, -0.2) is 29.7 Å². The molecule has 0 amide bonds. The Balaban J connectivity index is 0.000000801. The average molecular weight is 468 g/mol. The molecule has 0 fully saturated rings. The molecular weight excluding hydrogens is 430 g/mol. The van der Waals surface area contributed by atoms with Crippen molar-refractivity contribution in [3.63, 3.8) is 0 Å². The third-order valence-electron chi connectivity index (χ3n) is 5.16. The molecular formula is C27H37N3O2S. The Labute approximate surface area is 202 Å². The lowest BCUT2D eigenvalue weighted by atomic mass is 10.1. The summed E-state index contributed by atoms with van der Waals surface area (Å²) >= 11 is 0.926. The lowest BCUT2D eigenvalue weighted by Crippen LogP contribution is -2.26. The standard InChI is InChI=1S/C22H25N3OS.C5H12O/c1-6-25(7-2)16(4)13-18-8-9-19(12-15(18)3)21-11-10-20(26-21)17(5)22(14-23)27-24;1-5(2)3-4-6/h8-13H,3-4,6-7,24H2,1-2,5H3;5-6H,3-4H2,1-2H3/b18-13-,22-17+;. The first-order chi connectivity index (χ1) is 15.7. The van der Waals surface area contributed by atoms with Crippen LogP contribution in [0, 0.1) is 17.2 Å². The maximum Gasteiger partial charge on any atom is 0.134 e. The van der Waals surface area contributed by atoms with Gasteiger partial charge in [0.05, 0.1) is 0 Å². The van der Waals surface area contributed by atoms with E-state index >= 15 is 0 Å². The smallest absolute Gasteiger partial charge is 0.134 e. The summed E-state index contributed by atoms with van der Waals surface area (Å²) in [5.41, 5.74) is 2.64. The molecule has 0 atom stereocenters. The van der Waals surface area contributed by atoms with Crippen molar-refractivity contribution < 1.29 is 9.52 Å². The quantitative estimate of drug-likeness (QED) is 0.404. The molecule has 0 radical (unpaired) electrons. The van der Waals surface area contributed by atoms with Crippen molar-refractivity contribution in [2.45, 2.75) is 41.0 Å². The highest BCUT2D eigenvalue weighted by atomic mass is 32.2. The second kappa shape index (κ2) is 14.4. The van der Waals surface area contributed by atoms with E-state index < -0.39 is 0 Å². The minimum Gasteiger partial charge on any atom is -0.456 e. The van der Waals surface area contributed by atoms with Gasteiger partial charge in [0, 0.05) is 36.5 Å². The van der Waals surface area contributed by atoms with Gasteiger partial charge in [-0.05, 0) is 79.8 Å². The number of furan rings is 1. The van der Waals surface area contributed by atoms with E-state index in [1.165, 1.54) is 0 Å². The van der Waals surface area contributed by atoms with Gasteiger partial charge in [-0.2, -0.15) is 5.26 Å². The van der Waals surface area contributed by atoms with Gasteiger partial charge in [0.1, 0.15) is 22.5 Å². The van der Waals surface area contributed by atoms with E-state index in [9.17, 15) is 0 Å². The van der Waals surface area contributed by atoms with Crippen LogP contribution in [0.15, 0.2) is 51.9 Å². The first-order valence-corrected chi connectivity index (χ1v) is 12.0. The minimum atomic E-state index is 0.331. The minimum absolute atomic E-state index is 0.331. The fraction of sp³-hybridized carbons (Fsp3) is 0.370. The van der Waals surface area contributed by atoms with Crippen LogP contribution in [0.25, 0.3) is 29.6 Å². The summed E-state index contributed by atoms with van der Waals surface area (Å²) in [5, 5.41) is 24.8. The first-order valence-electron chi connectivity index (χ1n) is 11.2. The molecule has 2 aromatic rings. The average Bonchev–Trinajstić information content (AvgIpc) is 3.27. The summed E-state index contributed by atoms with van der Waals surface area (Å²) in [7, 11) is 0. The number of benzene rings is 1. The van der Waals surface area contributed by atoms with E-state index in [1.807, 2.05) is 37.3 Å². The number of hydrogen-bond acceptors (Lipinski definition) is 6. The molecule has 0 unspecified atom stereocenters. The van der Waals surface area contributed by atoms with Gasteiger partial charge in [-0.15, -0.1) is 0 Å². The molecule has 0 aliphatic heterocycles. The molecule has 33 heavy (non-hydrogen) atoms. The zero-order valence-corrected chi connectivity index (χ0v) is 21.3. The fourth-order valence-corrected chi connectivity index (χ4v) is 3.39. The van der Waals surface area contributed by atoms with Crippen LogP contribution in [0.1, 0.15) is 46.8 Å². The van der Waals surface area contributed by atoms with E-state index in [-0.39, 0.29) is 0 Å². The van der Waals surface area contributed by atoms with E-state index in [0.717, 1.165) is 64.5 Å². The van der Waals surface area contributed by atoms with Crippen molar-refractivity contribution in [2.24, 2.45) is 11.1 Å². The van der Waals surface area contributed by atoms with E-state index in [4.69, 9.17) is 19.9 Å². The van der Waals surface area contributed by atoms with Gasteiger partial charge in [0.2, 0.25) is 0 Å². The Hall–Kier alpha value is -2.72. The number of nitrogens with zero attached hydrogens (tertiary/aromatic N) is 2. The first kappa shape index (κ1) is 28.3. The fourth-order valence-electron chi connectivity index (χ4n) is 3.06. The number of nitriles is 1. The third kappa shape index (κ3) is 8.62. The molecule has 1 aromatic carbocycles. The molecule has 1 heterocycles. The summed E-state index contributed by atoms with van der Waals surface area (Å²) in [6.45, 7) is 20.7. The van der Waals surface area contributed by atoms with Gasteiger partial charge < -0.3 is 14.4 Å². The number of hydrogen-bond donors (Lipinski definition) is 2. The van der Waals surface area contributed by atoms with Crippen LogP contribution in [0.2, 0.25) is 0 Å². The SMILES string of the molecule is C=C(/C=c1/ccc(-c2ccc(/C(C)=C(\C#N)SN)o2)cc1=C)N(CC)CC.CC(C)CCO. The van der Waals surface area contributed by atoms with Gasteiger partial charge in [-0.25, -0.2) is 0 Å². The second-order valence-electron chi connectivity index (χ2n) is 7.98. The lowest BCUT2D eigenvalue weighted by Gasteiger charge is -2.20. The molecule has 2 rings (SSSR count).